The van der Waals surface area contributed by atoms with Gasteiger partial charge in [0.2, 0.25) is 6.10 Å². The Morgan fingerprint density at radius 1 is 0.776 bits per heavy atom. The molecule has 14 heteroatoms. The fourth-order valence-corrected chi connectivity index (χ4v) is 4.66. The maximum Gasteiger partial charge on any atom is 0.412 e. The maximum absolute atomic E-state index is 14.7. The summed E-state index contributed by atoms with van der Waals surface area (Å²) < 4.78 is 56.6. The number of esters is 1. The topological polar surface area (TPSA) is 121 Å². The Hall–Kier alpha value is -4.03. The monoisotopic (exact) mass is 728 g/mol. The van der Waals surface area contributed by atoms with Crippen molar-refractivity contribution in [2.45, 2.75) is 93.2 Å². The summed E-state index contributed by atoms with van der Waals surface area (Å²) in [7, 11) is 0. The number of nitrogens with one attached hydrogen (secondary N) is 2. The summed E-state index contributed by atoms with van der Waals surface area (Å²) in [6.45, 7) is 19.1. The molecular formula is C35H44Cl2F2N2O8. The largest absolute Gasteiger partial charge is 0.489 e. The lowest BCUT2D eigenvalue weighted by atomic mass is 9.97. The number of rotatable bonds is 15. The predicted molar refractivity (Wildman–Crippen MR) is 186 cm³/mol. The maximum atomic E-state index is 14.7. The lowest BCUT2D eigenvalue weighted by Gasteiger charge is -2.23. The van der Waals surface area contributed by atoms with Gasteiger partial charge in [0.1, 0.15) is 29.7 Å². The fourth-order valence-electron chi connectivity index (χ4n) is 4.27. The fraction of sp³-hybridized carbons (Fsp3) is 0.457. The second kappa shape index (κ2) is 18.7. The number of amides is 2. The second-order valence-electron chi connectivity index (χ2n) is 12.3. The smallest absolute Gasteiger partial charge is 0.412 e. The molecule has 270 valence electrons. The molecule has 0 bridgehead atoms. The first kappa shape index (κ1) is 41.1. The van der Waals surface area contributed by atoms with E-state index < -0.39 is 48.6 Å². The van der Waals surface area contributed by atoms with Crippen molar-refractivity contribution < 1.29 is 46.8 Å². The summed E-state index contributed by atoms with van der Waals surface area (Å²) in [5.41, 5.74) is 0.882. The predicted octanol–water partition coefficient (Wildman–Crippen LogP) is 9.88. The normalized spacial score (nSPS) is 13.0. The van der Waals surface area contributed by atoms with Gasteiger partial charge in [0.25, 0.3) is 0 Å². The molecule has 0 aliphatic heterocycles. The molecule has 0 aromatic heterocycles. The molecule has 10 nitrogen and oxygen atoms in total. The van der Waals surface area contributed by atoms with Crippen molar-refractivity contribution >= 4 is 52.7 Å². The Kier molecular flexibility index (Phi) is 15.7. The molecule has 0 saturated carbocycles. The molecule has 0 heterocycles. The van der Waals surface area contributed by atoms with Gasteiger partial charge in [-0.05, 0) is 84.1 Å². The van der Waals surface area contributed by atoms with Crippen molar-refractivity contribution in [3.8, 4) is 11.5 Å². The molecule has 0 aliphatic rings. The van der Waals surface area contributed by atoms with Crippen molar-refractivity contribution in [2.24, 2.45) is 5.92 Å². The zero-order valence-corrected chi connectivity index (χ0v) is 30.6. The van der Waals surface area contributed by atoms with Crippen LogP contribution in [0.4, 0.5) is 29.7 Å². The third-order valence-corrected chi connectivity index (χ3v) is 7.23. The number of allylic oxidation sites excluding steroid dienone is 1. The summed E-state index contributed by atoms with van der Waals surface area (Å²) in [6.07, 6.45) is -4.95. The highest BCUT2D eigenvalue weighted by Crippen LogP contribution is 2.33. The first-order valence-corrected chi connectivity index (χ1v) is 16.3. The Balaban J connectivity index is 2.24. The van der Waals surface area contributed by atoms with Crippen molar-refractivity contribution in [3.63, 3.8) is 0 Å². The van der Waals surface area contributed by atoms with Crippen LogP contribution in [0, 0.1) is 17.6 Å². The highest BCUT2D eigenvalue weighted by atomic mass is 35.5. The van der Waals surface area contributed by atoms with Crippen molar-refractivity contribution in [1.82, 2.24) is 0 Å². The van der Waals surface area contributed by atoms with Crippen LogP contribution in [0.2, 0.25) is 10.0 Å². The standard InChI is InChI=1S/C35H44Cl2F2N2O8/c1-17(2)11-21(9)22(10)32(49-35(44)41-28-15-30(47-20(7)8)24(37)13-26(28)39)33(42)45-16-31(18(3)4)48-34(43)40-27-14-29(46-19(5)6)23(36)12-25(27)38/h12-15,17,19-20,31-32H,3,11,16H2,1-2,4-10H3,(H,40,43)(H,41,44). The van der Waals surface area contributed by atoms with Gasteiger partial charge in [-0.15, -0.1) is 0 Å². The van der Waals surface area contributed by atoms with Crippen LogP contribution < -0.4 is 20.1 Å². The molecular weight excluding hydrogens is 685 g/mol. The molecule has 49 heavy (non-hydrogen) atoms. The van der Waals surface area contributed by atoms with E-state index >= 15 is 0 Å². The number of carbonyl (C=O) groups is 3. The summed E-state index contributed by atoms with van der Waals surface area (Å²) in [6, 6.07) is 4.38. The summed E-state index contributed by atoms with van der Waals surface area (Å²) in [4.78, 5) is 39.2. The van der Waals surface area contributed by atoms with Crippen LogP contribution in [0.3, 0.4) is 0 Å². The number of hydrogen-bond donors (Lipinski definition) is 2. The van der Waals surface area contributed by atoms with E-state index in [1.807, 2.05) is 13.8 Å². The van der Waals surface area contributed by atoms with Gasteiger partial charge < -0.3 is 23.7 Å². The third-order valence-electron chi connectivity index (χ3n) is 6.64. The van der Waals surface area contributed by atoms with Gasteiger partial charge in [0, 0.05) is 12.1 Å². The number of hydrogen-bond acceptors (Lipinski definition) is 8. The van der Waals surface area contributed by atoms with Gasteiger partial charge in [0.15, 0.2) is 6.10 Å². The van der Waals surface area contributed by atoms with Crippen molar-refractivity contribution in [2.75, 3.05) is 17.2 Å². The average molecular weight is 730 g/mol. The number of halogens is 4. The number of ether oxygens (including phenoxy) is 5. The van der Waals surface area contributed by atoms with E-state index in [0.717, 1.165) is 17.7 Å². The van der Waals surface area contributed by atoms with Crippen LogP contribution in [-0.2, 0) is 19.0 Å². The van der Waals surface area contributed by atoms with E-state index in [0.29, 0.717) is 17.6 Å². The molecule has 2 atom stereocenters. The minimum Gasteiger partial charge on any atom is -0.489 e. The number of anilines is 2. The molecule has 0 fully saturated rings. The number of carbonyl (C=O) groups excluding carboxylic acids is 3. The molecule has 0 aliphatic carbocycles. The van der Waals surface area contributed by atoms with E-state index in [-0.39, 0.29) is 51.0 Å². The SMILES string of the molecule is C=C(C)C(COC(=O)C(OC(=O)Nc1cc(OC(C)C)c(Cl)cc1F)C(C)=C(C)CC(C)C)OC(=O)Nc1cc(OC(C)C)c(Cl)cc1F. The van der Waals surface area contributed by atoms with E-state index in [4.69, 9.17) is 46.9 Å². The summed E-state index contributed by atoms with van der Waals surface area (Å²) >= 11 is 12.1. The van der Waals surface area contributed by atoms with Gasteiger partial charge >= 0.3 is 18.2 Å². The third kappa shape index (κ3) is 13.1. The number of benzene rings is 2. The Bertz CT molecular complexity index is 1560. The Labute approximate surface area is 296 Å². The minimum absolute atomic E-state index is 0.000760. The van der Waals surface area contributed by atoms with Crippen molar-refractivity contribution in [1.29, 1.82) is 0 Å². The van der Waals surface area contributed by atoms with E-state index in [1.54, 1.807) is 41.5 Å². The van der Waals surface area contributed by atoms with E-state index in [2.05, 4.69) is 17.2 Å². The van der Waals surface area contributed by atoms with Crippen LogP contribution in [0.15, 0.2) is 47.6 Å². The zero-order valence-electron chi connectivity index (χ0n) is 29.1. The van der Waals surface area contributed by atoms with Crippen LogP contribution in [0.1, 0.15) is 68.7 Å². The first-order valence-electron chi connectivity index (χ1n) is 15.5. The first-order chi connectivity index (χ1) is 22.8. The van der Waals surface area contributed by atoms with E-state index in [1.165, 1.54) is 19.1 Å². The molecule has 0 radical (unpaired) electrons. The zero-order chi connectivity index (χ0) is 37.2. The van der Waals surface area contributed by atoms with E-state index in [9.17, 15) is 23.2 Å². The van der Waals surface area contributed by atoms with Gasteiger partial charge in [-0.3, -0.25) is 10.6 Å². The molecule has 2 rings (SSSR count). The van der Waals surface area contributed by atoms with Gasteiger partial charge in [-0.1, -0.05) is 49.2 Å². The lowest BCUT2D eigenvalue weighted by Crippen LogP contribution is -2.36. The molecule has 2 unspecified atom stereocenters. The highest BCUT2D eigenvalue weighted by Gasteiger charge is 2.30. The van der Waals surface area contributed by atoms with Gasteiger partial charge in [0.05, 0.1) is 33.6 Å². The second-order valence-corrected chi connectivity index (χ2v) is 13.1. The summed E-state index contributed by atoms with van der Waals surface area (Å²) in [5.74, 6) is -2.20. The van der Waals surface area contributed by atoms with Gasteiger partial charge in [-0.25, -0.2) is 23.2 Å². The van der Waals surface area contributed by atoms with Crippen LogP contribution in [0.25, 0.3) is 0 Å². The van der Waals surface area contributed by atoms with Crippen LogP contribution in [-0.4, -0.2) is 49.2 Å². The molecule has 2 N–H and O–H groups in total. The molecule has 2 aromatic carbocycles. The van der Waals surface area contributed by atoms with Crippen molar-refractivity contribution in [3.05, 3.63) is 69.2 Å². The molecule has 2 amide bonds. The van der Waals surface area contributed by atoms with Gasteiger partial charge in [-0.2, -0.15) is 0 Å². The van der Waals surface area contributed by atoms with Crippen LogP contribution >= 0.6 is 23.2 Å². The molecule has 2 aromatic rings. The average Bonchev–Trinajstić information content (AvgIpc) is 2.97. The summed E-state index contributed by atoms with van der Waals surface area (Å²) in [5, 5.41) is 4.57. The minimum atomic E-state index is -1.55. The Morgan fingerprint density at radius 3 is 1.63 bits per heavy atom. The lowest BCUT2D eigenvalue weighted by molar-refractivity contribution is -0.153. The Morgan fingerprint density at radius 2 is 1.22 bits per heavy atom. The highest BCUT2D eigenvalue weighted by molar-refractivity contribution is 6.32. The quantitative estimate of drug-likeness (QED) is 0.106. The van der Waals surface area contributed by atoms with Crippen LogP contribution in [0.5, 0.6) is 11.5 Å². The molecule has 0 saturated heterocycles. The molecule has 0 spiro atoms.